The average Bonchev–Trinajstić information content (AvgIpc) is 3.13. The van der Waals surface area contributed by atoms with Gasteiger partial charge in [-0.2, -0.15) is 5.10 Å². The minimum Gasteiger partial charge on any atom is -0.329 e. The van der Waals surface area contributed by atoms with Crippen LogP contribution < -0.4 is 0 Å². The number of likely N-dealkylation sites (tertiary alicyclic amines) is 1. The smallest absolute Gasteiger partial charge is 0.136 e. The fourth-order valence-corrected chi connectivity index (χ4v) is 4.77. The maximum absolute atomic E-state index is 5.03. The molecule has 0 unspecified atom stereocenters. The molecule has 3 aliphatic rings. The second kappa shape index (κ2) is 7.30. The number of rotatable bonds is 3. The first kappa shape index (κ1) is 18.4. The summed E-state index contributed by atoms with van der Waals surface area (Å²) in [6.45, 7) is 8.94. The van der Waals surface area contributed by atoms with E-state index in [-0.39, 0.29) is 0 Å². The molecule has 3 aliphatic heterocycles. The highest BCUT2D eigenvalue weighted by molar-refractivity contribution is 6.04. The number of hydrogen-bond acceptors (Lipinski definition) is 4. The summed E-state index contributed by atoms with van der Waals surface area (Å²) in [5.41, 5.74) is 6.12. The maximum atomic E-state index is 5.03. The molecule has 150 valence electrons. The molecule has 4 heterocycles. The van der Waals surface area contributed by atoms with E-state index in [9.17, 15) is 0 Å². The molecule has 1 saturated heterocycles. The zero-order valence-electron chi connectivity index (χ0n) is 17.6. The number of aryl methyl sites for hydroxylation is 1. The van der Waals surface area contributed by atoms with Crippen molar-refractivity contribution in [3.8, 4) is 0 Å². The molecule has 1 fully saturated rings. The first-order valence-corrected chi connectivity index (χ1v) is 10.7. The van der Waals surface area contributed by atoms with E-state index >= 15 is 0 Å². The summed E-state index contributed by atoms with van der Waals surface area (Å²) >= 11 is 0. The van der Waals surface area contributed by atoms with Crippen molar-refractivity contribution in [2.75, 3.05) is 26.2 Å². The number of benzene rings is 1. The molecular weight excluding hydrogens is 358 g/mol. The van der Waals surface area contributed by atoms with Gasteiger partial charge in [0.05, 0.1) is 17.4 Å². The number of piperidine rings is 1. The second-order valence-electron chi connectivity index (χ2n) is 8.38. The monoisotopic (exact) mass is 387 g/mol. The Bertz CT molecular complexity index is 1060. The predicted molar refractivity (Wildman–Crippen MR) is 120 cm³/mol. The SMILES string of the molecule is CCN1CCC(C2=CN3CC=C(c4ccc5c(cnn5C)c4)N=C3C(C)=C2)CC1. The van der Waals surface area contributed by atoms with Gasteiger partial charge in [0.2, 0.25) is 0 Å². The highest BCUT2D eigenvalue weighted by Gasteiger charge is 2.26. The Hall–Kier alpha value is -2.66. The molecule has 0 N–H and O–H groups in total. The van der Waals surface area contributed by atoms with Crippen LogP contribution in [-0.2, 0) is 7.05 Å². The van der Waals surface area contributed by atoms with Crippen molar-refractivity contribution in [3.05, 3.63) is 59.5 Å². The van der Waals surface area contributed by atoms with E-state index in [1.807, 2.05) is 17.9 Å². The topological polar surface area (TPSA) is 36.7 Å². The summed E-state index contributed by atoms with van der Waals surface area (Å²) in [5.74, 6) is 1.76. The number of allylic oxidation sites excluding steroid dienone is 2. The van der Waals surface area contributed by atoms with Crippen molar-refractivity contribution in [3.63, 3.8) is 0 Å². The third-order valence-electron chi connectivity index (χ3n) is 6.57. The summed E-state index contributed by atoms with van der Waals surface area (Å²) in [7, 11) is 1.98. The van der Waals surface area contributed by atoms with Crippen LogP contribution in [0.25, 0.3) is 16.6 Å². The van der Waals surface area contributed by atoms with E-state index < -0.39 is 0 Å². The van der Waals surface area contributed by atoms with Gasteiger partial charge in [0.15, 0.2) is 0 Å². The molecule has 0 amide bonds. The average molecular weight is 388 g/mol. The van der Waals surface area contributed by atoms with Crippen molar-refractivity contribution in [2.45, 2.75) is 26.7 Å². The minimum atomic E-state index is 0.674. The highest BCUT2D eigenvalue weighted by Crippen LogP contribution is 2.32. The number of fused-ring (bicyclic) bond motifs is 2. The Labute approximate surface area is 172 Å². The van der Waals surface area contributed by atoms with Crippen LogP contribution in [-0.4, -0.2) is 51.6 Å². The summed E-state index contributed by atoms with van der Waals surface area (Å²) < 4.78 is 1.91. The minimum absolute atomic E-state index is 0.674. The van der Waals surface area contributed by atoms with E-state index in [0.717, 1.165) is 34.5 Å². The van der Waals surface area contributed by atoms with Gasteiger partial charge in [0, 0.05) is 30.7 Å². The molecule has 0 saturated carbocycles. The van der Waals surface area contributed by atoms with Crippen molar-refractivity contribution >= 4 is 22.4 Å². The van der Waals surface area contributed by atoms with Gasteiger partial charge in [-0.1, -0.05) is 19.1 Å². The molecule has 2 aromatic rings. The number of amidine groups is 1. The summed E-state index contributed by atoms with van der Waals surface area (Å²) in [5, 5.41) is 5.51. The van der Waals surface area contributed by atoms with Crippen LogP contribution >= 0.6 is 0 Å². The molecule has 0 atom stereocenters. The number of nitrogens with zero attached hydrogens (tertiary/aromatic N) is 5. The largest absolute Gasteiger partial charge is 0.329 e. The van der Waals surface area contributed by atoms with Crippen LogP contribution in [0.2, 0.25) is 0 Å². The maximum Gasteiger partial charge on any atom is 0.136 e. The van der Waals surface area contributed by atoms with Gasteiger partial charge in [-0.05, 0) is 74.7 Å². The fraction of sp³-hybridized carbons (Fsp3) is 0.417. The summed E-state index contributed by atoms with van der Waals surface area (Å²) in [4.78, 5) is 9.91. The lowest BCUT2D eigenvalue weighted by Crippen LogP contribution is -2.36. The van der Waals surface area contributed by atoms with Crippen LogP contribution in [0.4, 0.5) is 0 Å². The zero-order valence-corrected chi connectivity index (χ0v) is 17.6. The Morgan fingerprint density at radius 1 is 1.17 bits per heavy atom. The summed E-state index contributed by atoms with van der Waals surface area (Å²) in [6, 6.07) is 6.48. The molecule has 0 spiro atoms. The summed E-state index contributed by atoms with van der Waals surface area (Å²) in [6.07, 6.45) is 11.4. The lowest BCUT2D eigenvalue weighted by molar-refractivity contribution is 0.208. The molecule has 0 aliphatic carbocycles. The first-order valence-electron chi connectivity index (χ1n) is 10.7. The van der Waals surface area contributed by atoms with Gasteiger partial charge in [-0.3, -0.25) is 4.68 Å². The van der Waals surface area contributed by atoms with E-state index in [1.54, 1.807) is 0 Å². The first-order chi connectivity index (χ1) is 14.1. The molecule has 5 rings (SSSR count). The lowest BCUT2D eigenvalue weighted by Gasteiger charge is -2.35. The Morgan fingerprint density at radius 2 is 2.00 bits per heavy atom. The van der Waals surface area contributed by atoms with E-state index in [4.69, 9.17) is 4.99 Å². The van der Waals surface area contributed by atoms with Gasteiger partial charge < -0.3 is 9.80 Å². The van der Waals surface area contributed by atoms with Gasteiger partial charge in [-0.25, -0.2) is 4.99 Å². The van der Waals surface area contributed by atoms with Crippen LogP contribution in [0.5, 0.6) is 0 Å². The Balaban J connectivity index is 1.38. The van der Waals surface area contributed by atoms with Gasteiger partial charge in [-0.15, -0.1) is 0 Å². The number of hydrogen-bond donors (Lipinski definition) is 0. The van der Waals surface area contributed by atoms with E-state index in [2.05, 4.69) is 65.3 Å². The second-order valence-corrected chi connectivity index (χ2v) is 8.38. The molecule has 5 heteroatoms. The Kier molecular flexibility index (Phi) is 4.63. The van der Waals surface area contributed by atoms with E-state index in [0.29, 0.717) is 5.92 Å². The van der Waals surface area contributed by atoms with Crippen molar-refractivity contribution in [1.29, 1.82) is 0 Å². The molecule has 0 radical (unpaired) electrons. The molecule has 5 nitrogen and oxygen atoms in total. The van der Waals surface area contributed by atoms with Gasteiger partial charge in [0.25, 0.3) is 0 Å². The van der Waals surface area contributed by atoms with Crippen LogP contribution in [0, 0.1) is 5.92 Å². The lowest BCUT2D eigenvalue weighted by atomic mass is 9.87. The van der Waals surface area contributed by atoms with Gasteiger partial charge in [0.1, 0.15) is 5.84 Å². The van der Waals surface area contributed by atoms with Crippen LogP contribution in [0.1, 0.15) is 32.3 Å². The van der Waals surface area contributed by atoms with Crippen molar-refractivity contribution in [1.82, 2.24) is 19.6 Å². The predicted octanol–water partition coefficient (Wildman–Crippen LogP) is 4.20. The highest BCUT2D eigenvalue weighted by atomic mass is 15.2. The zero-order chi connectivity index (χ0) is 20.0. The molecule has 1 aromatic carbocycles. The molecule has 1 aromatic heterocycles. The fourth-order valence-electron chi connectivity index (χ4n) is 4.77. The van der Waals surface area contributed by atoms with E-state index in [1.165, 1.54) is 43.6 Å². The third-order valence-corrected chi connectivity index (χ3v) is 6.57. The quantitative estimate of drug-likeness (QED) is 0.792. The van der Waals surface area contributed by atoms with Crippen molar-refractivity contribution < 1.29 is 0 Å². The molecule has 0 bridgehead atoms. The Morgan fingerprint density at radius 3 is 2.79 bits per heavy atom. The molecule has 29 heavy (non-hydrogen) atoms. The standard InChI is InChI=1S/C24H29N5/c1-4-28-10-7-18(8-11-28)21-13-17(2)24-26-22(9-12-29(24)16-21)19-5-6-23-20(14-19)15-25-27(23)3/h5-6,9,13-16,18H,4,7-8,10-12H2,1-3H3. The number of aliphatic imine (C=N–C) groups is 1. The van der Waals surface area contributed by atoms with Crippen LogP contribution in [0.3, 0.4) is 0 Å². The van der Waals surface area contributed by atoms with Crippen LogP contribution in [0.15, 0.2) is 58.9 Å². The molecular formula is C24H29N5. The number of aromatic nitrogens is 2. The van der Waals surface area contributed by atoms with Gasteiger partial charge >= 0.3 is 0 Å². The third kappa shape index (κ3) is 3.33. The normalized spacial score (nSPS) is 20.9. The van der Waals surface area contributed by atoms with Crippen molar-refractivity contribution in [2.24, 2.45) is 18.0 Å².